The van der Waals surface area contributed by atoms with Crippen LogP contribution in [0, 0.1) is 12.3 Å². The molecule has 56 heavy (non-hydrogen) atoms. The smallest absolute Gasteiger partial charge is 0.256 e. The van der Waals surface area contributed by atoms with Gasteiger partial charge in [-0.2, -0.15) is 4.98 Å². The molecule has 13 nitrogen and oxygen atoms in total. The fourth-order valence-electron chi connectivity index (χ4n) is 6.74. The fourth-order valence-corrected chi connectivity index (χ4v) is 9.68. The highest BCUT2D eigenvalue weighted by atomic mass is 32.2. The number of hydrogen-bond donors (Lipinski definition) is 3. The number of fused-ring (bicyclic) bond motifs is 1. The molecule has 4 aromatic rings. The number of carbonyl (C=O) groups is 4. The molecule has 6 rings (SSSR count). The molecule has 3 amide bonds. The zero-order valence-corrected chi connectivity index (χ0v) is 33.8. The number of ether oxygens (including phenoxy) is 1. The van der Waals surface area contributed by atoms with Crippen LogP contribution in [0.25, 0.3) is 0 Å². The molecule has 0 bridgehead atoms. The standard InChI is InChI=1S/C41H48N6O7S2/c1-26-22-42-40(46-37(26)43-28-9-7-11-31(21-28)56(52,53)25-41(2,3)4)44-27-14-17-30(18-15-27)54-20-6-5-10-29(48)16-19-35-32-23-47(39(51)33(32)24-55-35)34-12-8-13-36(49)45-38(34)50/h7,9,11,14-15,17-18,21-22,24,34H,5-6,8,10,12-13,16,19-20,23,25H2,1-4H3,(H,45,49,50)(H2,42,43,44,46). The number of hydrogen-bond acceptors (Lipinski definition) is 12. The first-order valence-corrected chi connectivity index (χ1v) is 21.4. The predicted octanol–water partition coefficient (Wildman–Crippen LogP) is 7.06. The number of nitrogens with zero attached hydrogens (tertiary/aromatic N) is 3. The van der Waals surface area contributed by atoms with E-state index in [4.69, 9.17) is 4.74 Å². The zero-order valence-electron chi connectivity index (χ0n) is 32.1. The van der Waals surface area contributed by atoms with Gasteiger partial charge in [0, 0.05) is 59.2 Å². The summed E-state index contributed by atoms with van der Waals surface area (Å²) >= 11 is 1.48. The van der Waals surface area contributed by atoms with Crippen LogP contribution in [-0.4, -0.2) is 65.2 Å². The van der Waals surface area contributed by atoms with Crippen LogP contribution in [0.5, 0.6) is 5.75 Å². The van der Waals surface area contributed by atoms with Gasteiger partial charge in [0.25, 0.3) is 5.91 Å². The van der Waals surface area contributed by atoms with Gasteiger partial charge in [0.15, 0.2) is 9.84 Å². The van der Waals surface area contributed by atoms with Gasteiger partial charge in [-0.15, -0.1) is 11.3 Å². The lowest BCUT2D eigenvalue weighted by atomic mass is 10.0. The number of sulfone groups is 1. The molecular weight excluding hydrogens is 753 g/mol. The number of carbonyl (C=O) groups excluding carboxylic acids is 4. The summed E-state index contributed by atoms with van der Waals surface area (Å²) in [6, 6.07) is 13.5. The van der Waals surface area contributed by atoms with Crippen LogP contribution in [0.1, 0.15) is 92.1 Å². The summed E-state index contributed by atoms with van der Waals surface area (Å²) < 4.78 is 31.8. The van der Waals surface area contributed by atoms with Gasteiger partial charge in [-0.3, -0.25) is 24.5 Å². The van der Waals surface area contributed by atoms with Crippen molar-refractivity contribution in [1.82, 2.24) is 20.2 Å². The van der Waals surface area contributed by atoms with Crippen LogP contribution in [0.15, 0.2) is 65.0 Å². The molecule has 1 atom stereocenters. The van der Waals surface area contributed by atoms with E-state index in [9.17, 15) is 27.6 Å². The minimum atomic E-state index is -3.46. The Morgan fingerprint density at radius 2 is 1.82 bits per heavy atom. The number of thiophene rings is 1. The summed E-state index contributed by atoms with van der Waals surface area (Å²) in [6.07, 6.45) is 5.76. The van der Waals surface area contributed by atoms with E-state index in [0.29, 0.717) is 86.9 Å². The molecular formula is C41H48N6O7S2. The minimum Gasteiger partial charge on any atom is -0.494 e. The largest absolute Gasteiger partial charge is 0.494 e. The first-order chi connectivity index (χ1) is 26.6. The van der Waals surface area contributed by atoms with Crippen LogP contribution in [0.2, 0.25) is 0 Å². The molecule has 0 saturated carbocycles. The number of imide groups is 1. The lowest BCUT2D eigenvalue weighted by molar-refractivity contribution is -0.132. The van der Waals surface area contributed by atoms with Crippen molar-refractivity contribution < 1.29 is 32.3 Å². The molecule has 1 unspecified atom stereocenters. The summed E-state index contributed by atoms with van der Waals surface area (Å²) in [5, 5.41) is 10.6. The molecule has 4 heterocycles. The highest BCUT2D eigenvalue weighted by Crippen LogP contribution is 2.35. The lowest BCUT2D eigenvalue weighted by Crippen LogP contribution is -2.47. The molecule has 296 valence electrons. The number of Topliss-reactive ketones (excluding diaryl/α,β-unsaturated/α-hetero) is 1. The molecule has 2 aliphatic rings. The van der Waals surface area contributed by atoms with Gasteiger partial charge in [0.05, 0.1) is 22.8 Å². The number of benzene rings is 2. The summed E-state index contributed by atoms with van der Waals surface area (Å²) in [4.78, 5) is 61.9. The minimum absolute atomic E-state index is 0.0400. The second-order valence-corrected chi connectivity index (χ2v) is 18.4. The highest BCUT2D eigenvalue weighted by molar-refractivity contribution is 7.91. The maximum Gasteiger partial charge on any atom is 0.256 e. The number of unbranched alkanes of at least 4 members (excludes halogenated alkanes) is 1. The third-order valence-electron chi connectivity index (χ3n) is 9.53. The van der Waals surface area contributed by atoms with E-state index in [1.165, 1.54) is 11.3 Å². The Kier molecular flexibility index (Phi) is 12.5. The second kappa shape index (κ2) is 17.3. The first-order valence-electron chi connectivity index (χ1n) is 18.8. The van der Waals surface area contributed by atoms with Crippen LogP contribution in [-0.2, 0) is 37.2 Å². The fraction of sp³-hybridized carbons (Fsp3) is 0.415. The van der Waals surface area contributed by atoms with Crippen molar-refractivity contribution in [3.8, 4) is 5.75 Å². The van der Waals surface area contributed by atoms with Crippen molar-refractivity contribution in [3.63, 3.8) is 0 Å². The summed E-state index contributed by atoms with van der Waals surface area (Å²) in [5.74, 6) is 0.887. The summed E-state index contributed by atoms with van der Waals surface area (Å²) in [5.41, 5.74) is 3.28. The Labute approximate surface area is 331 Å². The molecule has 1 fully saturated rings. The highest BCUT2D eigenvalue weighted by Gasteiger charge is 2.39. The number of ketones is 1. The molecule has 15 heteroatoms. The number of rotatable bonds is 16. The van der Waals surface area contributed by atoms with E-state index < -0.39 is 21.8 Å². The third-order valence-corrected chi connectivity index (χ3v) is 12.8. The Hall–Kier alpha value is -5.15. The molecule has 2 aromatic heterocycles. The maximum atomic E-state index is 13.1. The first kappa shape index (κ1) is 40.5. The van der Waals surface area contributed by atoms with Crippen molar-refractivity contribution in [2.24, 2.45) is 5.41 Å². The monoisotopic (exact) mass is 800 g/mol. The molecule has 2 aromatic carbocycles. The number of nitrogens with one attached hydrogen (secondary N) is 3. The van der Waals surface area contributed by atoms with Crippen molar-refractivity contribution >= 4 is 67.8 Å². The average Bonchev–Trinajstić information content (AvgIpc) is 3.63. The Morgan fingerprint density at radius 1 is 1.04 bits per heavy atom. The quantitative estimate of drug-likeness (QED) is 0.0782. The topological polar surface area (TPSA) is 177 Å². The molecule has 0 radical (unpaired) electrons. The predicted molar refractivity (Wildman–Crippen MR) is 215 cm³/mol. The molecule has 2 aliphatic heterocycles. The lowest BCUT2D eigenvalue weighted by Gasteiger charge is -2.25. The van der Waals surface area contributed by atoms with E-state index in [1.54, 1.807) is 35.4 Å². The Morgan fingerprint density at radius 3 is 2.59 bits per heavy atom. The van der Waals surface area contributed by atoms with Gasteiger partial charge in [-0.05, 0) is 92.5 Å². The van der Waals surface area contributed by atoms with Gasteiger partial charge in [-0.1, -0.05) is 26.8 Å². The Bertz CT molecular complexity index is 2210. The van der Waals surface area contributed by atoms with Gasteiger partial charge in [0.2, 0.25) is 17.8 Å². The van der Waals surface area contributed by atoms with E-state index in [0.717, 1.165) is 21.7 Å². The summed E-state index contributed by atoms with van der Waals surface area (Å²) in [7, 11) is -3.46. The van der Waals surface area contributed by atoms with Crippen molar-refractivity contribution in [2.75, 3.05) is 23.0 Å². The third kappa shape index (κ3) is 10.4. The van der Waals surface area contributed by atoms with Crippen LogP contribution in [0.3, 0.4) is 0 Å². The van der Waals surface area contributed by atoms with Gasteiger partial charge in [-0.25, -0.2) is 13.4 Å². The number of amides is 3. The van der Waals surface area contributed by atoms with Gasteiger partial charge >= 0.3 is 0 Å². The normalized spacial score (nSPS) is 16.0. The summed E-state index contributed by atoms with van der Waals surface area (Å²) in [6.45, 7) is 8.36. The second-order valence-electron chi connectivity index (χ2n) is 15.5. The van der Waals surface area contributed by atoms with Crippen molar-refractivity contribution in [2.45, 2.75) is 96.5 Å². The van der Waals surface area contributed by atoms with E-state index in [1.807, 2.05) is 57.3 Å². The number of aryl methyl sites for hydroxylation is 2. The van der Waals surface area contributed by atoms with Gasteiger partial charge < -0.3 is 20.3 Å². The number of anilines is 4. The molecule has 1 saturated heterocycles. The molecule has 0 spiro atoms. The molecule has 0 aliphatic carbocycles. The number of aromatic nitrogens is 2. The Balaban J connectivity index is 0.920. The maximum absolute atomic E-state index is 13.1. The zero-order chi connectivity index (χ0) is 40.0. The van der Waals surface area contributed by atoms with E-state index in [2.05, 4.69) is 25.9 Å². The van der Waals surface area contributed by atoms with E-state index in [-0.39, 0.29) is 40.1 Å². The van der Waals surface area contributed by atoms with Crippen molar-refractivity contribution in [1.29, 1.82) is 0 Å². The van der Waals surface area contributed by atoms with Crippen LogP contribution in [0.4, 0.5) is 23.1 Å². The van der Waals surface area contributed by atoms with Crippen LogP contribution >= 0.6 is 11.3 Å². The van der Waals surface area contributed by atoms with Crippen LogP contribution < -0.4 is 20.7 Å². The molecule has 3 N–H and O–H groups in total. The SMILES string of the molecule is Cc1cnc(Nc2ccc(OCCCCC(=O)CCc3scc4c3CN(C3CCCC(=O)NC3=O)C4=O)cc2)nc1Nc1cccc(S(=O)(=O)CC(C)(C)C)c1. The van der Waals surface area contributed by atoms with E-state index >= 15 is 0 Å². The average molecular weight is 801 g/mol. The van der Waals surface area contributed by atoms with Crippen molar-refractivity contribution in [3.05, 3.63) is 81.7 Å². The van der Waals surface area contributed by atoms with Gasteiger partial charge in [0.1, 0.15) is 23.4 Å².